The van der Waals surface area contributed by atoms with Gasteiger partial charge in [0.2, 0.25) is 0 Å². The molecule has 2 aromatic carbocycles. The highest BCUT2D eigenvalue weighted by atomic mass is 32.1. The van der Waals surface area contributed by atoms with Crippen molar-refractivity contribution >= 4 is 28.3 Å². The topological polar surface area (TPSA) is 69.0 Å². The van der Waals surface area contributed by atoms with Gasteiger partial charge in [-0.2, -0.15) is 0 Å². The Morgan fingerprint density at radius 3 is 2.79 bits per heavy atom. The maximum Gasteiger partial charge on any atom is 0.251 e. The first-order valence-electron chi connectivity index (χ1n) is 9.07. The fourth-order valence-corrected chi connectivity index (χ4v) is 3.45. The summed E-state index contributed by atoms with van der Waals surface area (Å²) in [6.07, 6.45) is 2.68. The lowest BCUT2D eigenvalue weighted by atomic mass is 10.2. The lowest BCUT2D eigenvalue weighted by Crippen LogP contribution is -2.25. The smallest absolute Gasteiger partial charge is 0.251 e. The van der Waals surface area contributed by atoms with Gasteiger partial charge < -0.3 is 14.6 Å². The van der Waals surface area contributed by atoms with E-state index < -0.39 is 0 Å². The number of imidazole rings is 1. The number of benzene rings is 2. The number of amides is 1. The average molecular weight is 392 g/mol. The number of ether oxygens (including phenoxy) is 1. The normalized spacial score (nSPS) is 10.9. The Balaban J connectivity index is 1.23. The molecule has 4 rings (SSSR count). The van der Waals surface area contributed by atoms with Crippen molar-refractivity contribution in [2.24, 2.45) is 0 Å². The van der Waals surface area contributed by atoms with Crippen molar-refractivity contribution in [2.45, 2.75) is 19.6 Å². The third-order valence-corrected chi connectivity index (χ3v) is 5.01. The molecule has 0 unspecified atom stereocenters. The van der Waals surface area contributed by atoms with Crippen molar-refractivity contribution in [3.63, 3.8) is 0 Å². The van der Waals surface area contributed by atoms with Gasteiger partial charge in [0, 0.05) is 24.0 Å². The Hall–Kier alpha value is -3.19. The first kappa shape index (κ1) is 18.2. The van der Waals surface area contributed by atoms with E-state index in [1.165, 1.54) is 0 Å². The van der Waals surface area contributed by atoms with Crippen molar-refractivity contribution in [3.8, 4) is 5.75 Å². The third kappa shape index (κ3) is 4.37. The molecule has 0 aliphatic heterocycles. The van der Waals surface area contributed by atoms with E-state index in [-0.39, 0.29) is 5.91 Å². The summed E-state index contributed by atoms with van der Waals surface area (Å²) in [4.78, 5) is 20.9. The molecule has 28 heavy (non-hydrogen) atoms. The SMILES string of the molecule is O=C(NCCCn1cnc2ccccc21)c1ccc(OCc2cscn2)cc1. The predicted molar refractivity (Wildman–Crippen MR) is 110 cm³/mol. The summed E-state index contributed by atoms with van der Waals surface area (Å²) in [5, 5.41) is 4.91. The second-order valence-electron chi connectivity index (χ2n) is 6.33. The van der Waals surface area contributed by atoms with Crippen LogP contribution in [0.3, 0.4) is 0 Å². The van der Waals surface area contributed by atoms with Crippen LogP contribution in [-0.2, 0) is 13.2 Å². The summed E-state index contributed by atoms with van der Waals surface area (Å²) in [7, 11) is 0. The van der Waals surface area contributed by atoms with Gasteiger partial charge in [-0.1, -0.05) is 12.1 Å². The summed E-state index contributed by atoms with van der Waals surface area (Å²) in [6, 6.07) is 15.2. The Bertz CT molecular complexity index is 1040. The standard InChI is InChI=1S/C21H20N4O2S/c26-21(16-6-8-18(9-7-16)27-12-17-13-28-15-24-17)22-10-3-11-25-14-23-19-4-1-2-5-20(19)25/h1-2,4-9,13-15H,3,10-12H2,(H,22,26). The number of hydrogen-bond donors (Lipinski definition) is 1. The predicted octanol–water partition coefficient (Wildman–Crippen LogP) is 3.89. The number of carbonyl (C=O) groups excluding carboxylic acids is 1. The number of aromatic nitrogens is 3. The van der Waals surface area contributed by atoms with Gasteiger partial charge in [-0.15, -0.1) is 11.3 Å². The van der Waals surface area contributed by atoms with E-state index in [1.807, 2.05) is 29.9 Å². The summed E-state index contributed by atoms with van der Waals surface area (Å²) in [6.45, 7) is 1.84. The first-order chi connectivity index (χ1) is 13.8. The van der Waals surface area contributed by atoms with Crippen molar-refractivity contribution < 1.29 is 9.53 Å². The Kier molecular flexibility index (Phi) is 5.63. The Morgan fingerprint density at radius 2 is 1.96 bits per heavy atom. The Morgan fingerprint density at radius 1 is 1.11 bits per heavy atom. The minimum atomic E-state index is -0.0819. The first-order valence-corrected chi connectivity index (χ1v) is 10.0. The van der Waals surface area contributed by atoms with Gasteiger partial charge in [0.25, 0.3) is 5.91 Å². The Labute approximate surface area is 166 Å². The van der Waals surface area contributed by atoms with Crippen LogP contribution in [0.15, 0.2) is 65.7 Å². The molecule has 0 aliphatic rings. The van der Waals surface area contributed by atoms with Gasteiger partial charge >= 0.3 is 0 Å². The number of para-hydroxylation sites is 2. The zero-order chi connectivity index (χ0) is 19.2. The van der Waals surface area contributed by atoms with Crippen LogP contribution < -0.4 is 10.1 Å². The molecule has 7 heteroatoms. The second kappa shape index (κ2) is 8.67. The van der Waals surface area contributed by atoms with Crippen LogP contribution in [0, 0.1) is 0 Å². The highest BCUT2D eigenvalue weighted by molar-refractivity contribution is 7.07. The van der Waals surface area contributed by atoms with E-state index in [0.29, 0.717) is 18.7 Å². The molecule has 0 saturated carbocycles. The minimum absolute atomic E-state index is 0.0819. The molecule has 4 aromatic rings. The molecule has 142 valence electrons. The molecule has 0 atom stereocenters. The number of thiazole rings is 1. The molecular formula is C21H20N4O2S. The monoisotopic (exact) mass is 392 g/mol. The average Bonchev–Trinajstić information content (AvgIpc) is 3.40. The van der Waals surface area contributed by atoms with Gasteiger partial charge in [0.15, 0.2) is 0 Å². The van der Waals surface area contributed by atoms with Crippen LogP contribution >= 0.6 is 11.3 Å². The van der Waals surface area contributed by atoms with Crippen molar-refractivity contribution in [1.29, 1.82) is 0 Å². The fourth-order valence-electron chi connectivity index (χ4n) is 2.91. The minimum Gasteiger partial charge on any atom is -0.487 e. The molecule has 0 fully saturated rings. The van der Waals surface area contributed by atoms with Crippen LogP contribution in [0.5, 0.6) is 5.75 Å². The number of nitrogens with one attached hydrogen (secondary N) is 1. The molecule has 0 aliphatic carbocycles. The quantitative estimate of drug-likeness (QED) is 0.462. The molecule has 0 saturated heterocycles. The van der Waals surface area contributed by atoms with Crippen molar-refractivity contribution in [2.75, 3.05) is 6.54 Å². The van der Waals surface area contributed by atoms with E-state index in [0.717, 1.165) is 35.4 Å². The van der Waals surface area contributed by atoms with Crippen LogP contribution in [0.4, 0.5) is 0 Å². The molecular weight excluding hydrogens is 372 g/mol. The third-order valence-electron chi connectivity index (χ3n) is 4.38. The number of aryl methyl sites for hydroxylation is 1. The molecule has 0 bridgehead atoms. The zero-order valence-electron chi connectivity index (χ0n) is 15.2. The van der Waals surface area contributed by atoms with Gasteiger partial charge in [0.1, 0.15) is 12.4 Å². The highest BCUT2D eigenvalue weighted by Gasteiger charge is 2.06. The van der Waals surface area contributed by atoms with Crippen LogP contribution in [0.1, 0.15) is 22.5 Å². The van der Waals surface area contributed by atoms with Crippen LogP contribution in [0.25, 0.3) is 11.0 Å². The molecule has 2 aromatic heterocycles. The van der Waals surface area contributed by atoms with E-state index in [1.54, 1.807) is 41.1 Å². The molecule has 0 radical (unpaired) electrons. The number of rotatable bonds is 8. The van der Waals surface area contributed by atoms with Gasteiger partial charge in [-0.25, -0.2) is 9.97 Å². The lowest BCUT2D eigenvalue weighted by Gasteiger charge is -2.08. The lowest BCUT2D eigenvalue weighted by molar-refractivity contribution is 0.0952. The van der Waals surface area contributed by atoms with Crippen LogP contribution in [-0.4, -0.2) is 27.0 Å². The number of carbonyl (C=O) groups is 1. The highest BCUT2D eigenvalue weighted by Crippen LogP contribution is 2.15. The van der Waals surface area contributed by atoms with Gasteiger partial charge in [-0.05, 0) is 42.8 Å². The van der Waals surface area contributed by atoms with E-state index in [2.05, 4.69) is 25.9 Å². The van der Waals surface area contributed by atoms with E-state index in [4.69, 9.17) is 4.74 Å². The maximum atomic E-state index is 12.3. The summed E-state index contributed by atoms with van der Waals surface area (Å²) in [5.74, 6) is 0.637. The molecule has 1 amide bonds. The number of nitrogens with zero attached hydrogens (tertiary/aromatic N) is 3. The summed E-state index contributed by atoms with van der Waals surface area (Å²) < 4.78 is 7.77. The number of hydrogen-bond acceptors (Lipinski definition) is 5. The maximum absolute atomic E-state index is 12.3. The van der Waals surface area contributed by atoms with Crippen LogP contribution in [0.2, 0.25) is 0 Å². The second-order valence-corrected chi connectivity index (χ2v) is 7.05. The van der Waals surface area contributed by atoms with Crippen molar-refractivity contribution in [1.82, 2.24) is 19.9 Å². The summed E-state index contributed by atoms with van der Waals surface area (Å²) >= 11 is 1.54. The molecule has 2 heterocycles. The van der Waals surface area contributed by atoms with Gasteiger partial charge in [-0.3, -0.25) is 4.79 Å². The fraction of sp³-hybridized carbons (Fsp3) is 0.190. The molecule has 6 nitrogen and oxygen atoms in total. The molecule has 0 spiro atoms. The van der Waals surface area contributed by atoms with E-state index in [9.17, 15) is 4.79 Å². The number of fused-ring (bicyclic) bond motifs is 1. The summed E-state index contributed by atoms with van der Waals surface area (Å²) in [5.41, 5.74) is 5.40. The van der Waals surface area contributed by atoms with E-state index >= 15 is 0 Å². The molecule has 1 N–H and O–H groups in total. The largest absolute Gasteiger partial charge is 0.487 e. The van der Waals surface area contributed by atoms with Crippen molar-refractivity contribution in [3.05, 3.63) is 77.0 Å². The zero-order valence-corrected chi connectivity index (χ0v) is 16.1. The van der Waals surface area contributed by atoms with Gasteiger partial charge in [0.05, 0.1) is 28.6 Å².